The summed E-state index contributed by atoms with van der Waals surface area (Å²) in [5, 5.41) is 7.36. The molecule has 0 fully saturated rings. The van der Waals surface area contributed by atoms with Gasteiger partial charge in [-0.05, 0) is 42.8 Å². The molecule has 1 N–H and O–H groups in total. The van der Waals surface area contributed by atoms with E-state index in [-0.39, 0.29) is 5.69 Å². The molecule has 2 heterocycles. The number of para-hydroxylation sites is 1. The van der Waals surface area contributed by atoms with Crippen molar-refractivity contribution in [2.45, 2.75) is 19.6 Å². The van der Waals surface area contributed by atoms with Gasteiger partial charge < -0.3 is 5.32 Å². The normalized spacial score (nSPS) is 11.9. The first kappa shape index (κ1) is 18.7. The number of carbonyl (C=O) groups excluding carboxylic acids is 1. The van der Waals surface area contributed by atoms with E-state index in [1.54, 1.807) is 6.07 Å². The molecule has 0 saturated carbocycles. The standard InChI is InChI=1S/C19H14F3N5O2/c1-11-3-2-4-14-16(11)23-10-26-17(14)25-27(18(26)29)9-15(28)24-13-7-5-12(6-8-13)19(20,21)22/h2-8,10H,9H2,1H3,(H,24,28). The topological polar surface area (TPSA) is 81.3 Å². The third-order valence-electron chi connectivity index (χ3n) is 4.44. The second-order valence-electron chi connectivity index (χ2n) is 6.47. The number of fused-ring (bicyclic) bond motifs is 3. The van der Waals surface area contributed by atoms with Gasteiger partial charge in [-0.2, -0.15) is 13.2 Å². The fourth-order valence-corrected chi connectivity index (χ4v) is 3.02. The Morgan fingerprint density at radius 2 is 1.86 bits per heavy atom. The van der Waals surface area contributed by atoms with Gasteiger partial charge in [0.2, 0.25) is 5.91 Å². The van der Waals surface area contributed by atoms with Crippen LogP contribution in [0.4, 0.5) is 18.9 Å². The summed E-state index contributed by atoms with van der Waals surface area (Å²) in [6.45, 7) is 1.49. The second-order valence-corrected chi connectivity index (χ2v) is 6.47. The maximum Gasteiger partial charge on any atom is 0.416 e. The number of halogens is 3. The number of hydrogen-bond acceptors (Lipinski definition) is 4. The number of nitrogens with one attached hydrogen (secondary N) is 1. The quantitative estimate of drug-likeness (QED) is 0.572. The zero-order valence-corrected chi connectivity index (χ0v) is 15.1. The number of nitrogens with zero attached hydrogens (tertiary/aromatic N) is 4. The Labute approximate surface area is 161 Å². The number of aryl methyl sites for hydroxylation is 1. The third kappa shape index (κ3) is 3.44. The smallest absolute Gasteiger partial charge is 0.324 e. The summed E-state index contributed by atoms with van der Waals surface area (Å²) in [5.74, 6) is -0.594. The molecule has 0 aliphatic carbocycles. The van der Waals surface area contributed by atoms with Crippen LogP contribution < -0.4 is 11.0 Å². The molecule has 2 aromatic heterocycles. The van der Waals surface area contributed by atoms with E-state index in [4.69, 9.17) is 0 Å². The SMILES string of the molecule is Cc1cccc2c1ncn1c(=O)n(CC(=O)Nc3ccc(C(F)(F)F)cc3)nc21. The summed E-state index contributed by atoms with van der Waals surface area (Å²) in [7, 11) is 0. The molecule has 0 atom stereocenters. The predicted molar refractivity (Wildman–Crippen MR) is 99.6 cm³/mol. The van der Waals surface area contributed by atoms with Crippen molar-refractivity contribution in [3.8, 4) is 0 Å². The minimum absolute atomic E-state index is 0.183. The summed E-state index contributed by atoms with van der Waals surface area (Å²) < 4.78 is 40.1. The van der Waals surface area contributed by atoms with Crippen molar-refractivity contribution in [1.82, 2.24) is 19.2 Å². The molecule has 0 spiro atoms. The largest absolute Gasteiger partial charge is 0.416 e. The van der Waals surface area contributed by atoms with E-state index in [1.807, 2.05) is 19.1 Å². The van der Waals surface area contributed by atoms with Crippen LogP contribution in [0, 0.1) is 6.92 Å². The number of aromatic nitrogens is 4. The van der Waals surface area contributed by atoms with Gasteiger partial charge in [0.15, 0.2) is 5.65 Å². The van der Waals surface area contributed by atoms with Gasteiger partial charge in [-0.15, -0.1) is 5.10 Å². The van der Waals surface area contributed by atoms with Crippen molar-refractivity contribution in [2.75, 3.05) is 5.32 Å². The monoisotopic (exact) mass is 401 g/mol. The number of amides is 1. The van der Waals surface area contributed by atoms with E-state index in [0.29, 0.717) is 16.6 Å². The molecule has 4 aromatic rings. The van der Waals surface area contributed by atoms with Crippen LogP contribution in [0.25, 0.3) is 16.6 Å². The third-order valence-corrected chi connectivity index (χ3v) is 4.44. The highest BCUT2D eigenvalue weighted by molar-refractivity contribution is 5.93. The van der Waals surface area contributed by atoms with E-state index in [1.165, 1.54) is 10.7 Å². The average Bonchev–Trinajstić information content (AvgIpc) is 2.98. The van der Waals surface area contributed by atoms with Gasteiger partial charge in [0.25, 0.3) is 0 Å². The molecular weight excluding hydrogens is 387 g/mol. The van der Waals surface area contributed by atoms with Gasteiger partial charge in [-0.3, -0.25) is 4.79 Å². The van der Waals surface area contributed by atoms with Crippen molar-refractivity contribution in [3.05, 3.63) is 70.4 Å². The van der Waals surface area contributed by atoms with Crippen LogP contribution in [0.3, 0.4) is 0 Å². The number of rotatable bonds is 3. The maximum atomic E-state index is 12.6. The highest BCUT2D eigenvalue weighted by Crippen LogP contribution is 2.29. The number of hydrogen-bond donors (Lipinski definition) is 1. The lowest BCUT2D eigenvalue weighted by Crippen LogP contribution is -2.28. The fourth-order valence-electron chi connectivity index (χ4n) is 3.02. The molecule has 0 bridgehead atoms. The molecule has 0 radical (unpaired) electrons. The van der Waals surface area contributed by atoms with Crippen LogP contribution in [-0.4, -0.2) is 25.1 Å². The first-order valence-corrected chi connectivity index (χ1v) is 8.54. The molecule has 0 aliphatic heterocycles. The van der Waals surface area contributed by atoms with E-state index >= 15 is 0 Å². The number of alkyl halides is 3. The molecule has 29 heavy (non-hydrogen) atoms. The number of anilines is 1. The van der Waals surface area contributed by atoms with E-state index < -0.39 is 29.9 Å². The zero-order valence-electron chi connectivity index (χ0n) is 15.1. The minimum Gasteiger partial charge on any atom is -0.324 e. The summed E-state index contributed by atoms with van der Waals surface area (Å²) in [5.41, 5.74) is 0.812. The molecule has 4 rings (SSSR count). The lowest BCUT2D eigenvalue weighted by atomic mass is 10.1. The van der Waals surface area contributed by atoms with Gasteiger partial charge >= 0.3 is 11.9 Å². The first-order valence-electron chi connectivity index (χ1n) is 8.54. The van der Waals surface area contributed by atoms with E-state index in [9.17, 15) is 22.8 Å². The fraction of sp³-hybridized carbons (Fsp3) is 0.158. The Balaban J connectivity index is 1.60. The second kappa shape index (κ2) is 6.73. The van der Waals surface area contributed by atoms with Crippen LogP contribution in [0.5, 0.6) is 0 Å². The van der Waals surface area contributed by atoms with Gasteiger partial charge in [0.1, 0.15) is 12.9 Å². The van der Waals surface area contributed by atoms with Crippen molar-refractivity contribution >= 4 is 28.1 Å². The molecule has 1 amide bonds. The Hall–Kier alpha value is -3.69. The first-order chi connectivity index (χ1) is 13.7. The molecule has 10 heteroatoms. The van der Waals surface area contributed by atoms with Crippen LogP contribution in [0.1, 0.15) is 11.1 Å². The predicted octanol–water partition coefficient (Wildman–Crippen LogP) is 3.01. The lowest BCUT2D eigenvalue weighted by molar-refractivity contribution is -0.137. The molecule has 2 aromatic carbocycles. The van der Waals surface area contributed by atoms with Crippen LogP contribution in [0.2, 0.25) is 0 Å². The van der Waals surface area contributed by atoms with Gasteiger partial charge in [0.05, 0.1) is 11.1 Å². The molecule has 7 nitrogen and oxygen atoms in total. The number of carbonyl (C=O) groups is 1. The highest BCUT2D eigenvalue weighted by Gasteiger charge is 2.30. The Morgan fingerprint density at radius 1 is 1.14 bits per heavy atom. The zero-order chi connectivity index (χ0) is 20.8. The van der Waals surface area contributed by atoms with Crippen molar-refractivity contribution in [1.29, 1.82) is 0 Å². The summed E-state index contributed by atoms with van der Waals surface area (Å²) >= 11 is 0. The highest BCUT2D eigenvalue weighted by atomic mass is 19.4. The molecule has 148 valence electrons. The Morgan fingerprint density at radius 3 is 2.55 bits per heavy atom. The summed E-state index contributed by atoms with van der Waals surface area (Å²) in [6.07, 6.45) is -3.11. The van der Waals surface area contributed by atoms with Gasteiger partial charge in [-0.1, -0.05) is 12.1 Å². The van der Waals surface area contributed by atoms with E-state index in [2.05, 4.69) is 15.4 Å². The minimum atomic E-state index is -4.46. The van der Waals surface area contributed by atoms with Crippen molar-refractivity contribution < 1.29 is 18.0 Å². The Kier molecular flexibility index (Phi) is 4.33. The molecule has 0 unspecified atom stereocenters. The van der Waals surface area contributed by atoms with Crippen LogP contribution >= 0.6 is 0 Å². The number of benzene rings is 2. The average molecular weight is 401 g/mol. The molecular formula is C19H14F3N5O2. The van der Waals surface area contributed by atoms with Crippen molar-refractivity contribution in [3.63, 3.8) is 0 Å². The molecule has 0 saturated heterocycles. The molecule has 0 aliphatic rings. The van der Waals surface area contributed by atoms with E-state index in [0.717, 1.165) is 34.5 Å². The van der Waals surface area contributed by atoms with Crippen LogP contribution in [-0.2, 0) is 17.5 Å². The summed E-state index contributed by atoms with van der Waals surface area (Å²) in [6, 6.07) is 9.52. The summed E-state index contributed by atoms with van der Waals surface area (Å²) in [4.78, 5) is 29.0. The Bertz CT molecular complexity index is 1290. The van der Waals surface area contributed by atoms with Crippen molar-refractivity contribution in [2.24, 2.45) is 0 Å². The lowest BCUT2D eigenvalue weighted by Gasteiger charge is -2.08. The van der Waals surface area contributed by atoms with Gasteiger partial charge in [0, 0.05) is 11.1 Å². The van der Waals surface area contributed by atoms with Crippen LogP contribution in [0.15, 0.2) is 53.6 Å². The van der Waals surface area contributed by atoms with Gasteiger partial charge in [-0.25, -0.2) is 18.9 Å². The maximum absolute atomic E-state index is 12.6.